The lowest BCUT2D eigenvalue weighted by atomic mass is 10.4. The van der Waals surface area contributed by atoms with E-state index in [1.807, 2.05) is 18.7 Å². The first-order valence-electron chi connectivity index (χ1n) is 6.03. The molecule has 5 heteroatoms. The first-order chi connectivity index (χ1) is 8.27. The Morgan fingerprint density at radius 1 is 1.47 bits per heavy atom. The number of methoxy groups -OCH3 is 1. The molecule has 1 aromatic rings. The molecule has 1 heterocycles. The van der Waals surface area contributed by atoms with Crippen molar-refractivity contribution in [2.75, 3.05) is 37.6 Å². The number of rotatable bonds is 9. The molecule has 0 aliphatic carbocycles. The summed E-state index contributed by atoms with van der Waals surface area (Å²) in [6.07, 6.45) is 6.44. The number of aromatic nitrogens is 2. The van der Waals surface area contributed by atoms with E-state index < -0.39 is 0 Å². The Hall–Kier alpha value is -0.680. The molecular weight excluding hydrogens is 234 g/mol. The second-order valence-electron chi connectivity index (χ2n) is 4.02. The maximum absolute atomic E-state index is 5.02. The summed E-state index contributed by atoms with van der Waals surface area (Å²) in [6.45, 7) is 4.77. The molecule has 0 aromatic carbocycles. The van der Waals surface area contributed by atoms with Gasteiger partial charge in [0.25, 0.3) is 0 Å². The van der Waals surface area contributed by atoms with Gasteiger partial charge in [-0.25, -0.2) is 4.98 Å². The minimum absolute atomic E-state index is 0.791. The number of hydrogen-bond acceptors (Lipinski definition) is 4. The van der Waals surface area contributed by atoms with Crippen molar-refractivity contribution in [2.24, 2.45) is 0 Å². The van der Waals surface area contributed by atoms with E-state index in [9.17, 15) is 0 Å². The molecule has 0 spiro atoms. The van der Waals surface area contributed by atoms with Gasteiger partial charge in [-0.15, -0.1) is 0 Å². The van der Waals surface area contributed by atoms with Crippen LogP contribution >= 0.6 is 11.8 Å². The smallest absolute Gasteiger partial charge is 0.203 e. The molecule has 0 aliphatic heterocycles. The van der Waals surface area contributed by atoms with E-state index in [2.05, 4.69) is 27.3 Å². The van der Waals surface area contributed by atoms with Crippen LogP contribution in [0.15, 0.2) is 6.20 Å². The molecule has 0 saturated carbocycles. The molecule has 1 rings (SSSR count). The van der Waals surface area contributed by atoms with Crippen LogP contribution in [0.25, 0.3) is 0 Å². The SMILES string of the molecule is COCCCNc1nc(C)cn1CCCSC. The van der Waals surface area contributed by atoms with Crippen LogP contribution in [0.4, 0.5) is 5.95 Å². The molecule has 0 bridgehead atoms. The normalized spacial score (nSPS) is 10.8. The van der Waals surface area contributed by atoms with Crippen LogP contribution in [-0.4, -0.2) is 41.8 Å². The third kappa shape index (κ3) is 5.46. The first-order valence-corrected chi connectivity index (χ1v) is 7.43. The number of hydrogen-bond donors (Lipinski definition) is 1. The van der Waals surface area contributed by atoms with Gasteiger partial charge in [-0.3, -0.25) is 0 Å². The fraction of sp³-hybridized carbons (Fsp3) is 0.750. The molecule has 0 fully saturated rings. The highest BCUT2D eigenvalue weighted by molar-refractivity contribution is 7.98. The first kappa shape index (κ1) is 14.4. The highest BCUT2D eigenvalue weighted by Crippen LogP contribution is 2.10. The Kier molecular flexibility index (Phi) is 7.12. The van der Waals surface area contributed by atoms with Crippen molar-refractivity contribution in [1.29, 1.82) is 0 Å². The van der Waals surface area contributed by atoms with E-state index in [0.29, 0.717) is 0 Å². The molecular formula is C12H23N3OS. The number of nitrogens with zero attached hydrogens (tertiary/aromatic N) is 2. The fourth-order valence-electron chi connectivity index (χ4n) is 1.65. The van der Waals surface area contributed by atoms with Gasteiger partial charge in [0.1, 0.15) is 0 Å². The summed E-state index contributed by atoms with van der Waals surface area (Å²) in [5, 5.41) is 3.36. The maximum Gasteiger partial charge on any atom is 0.203 e. The van der Waals surface area contributed by atoms with Crippen LogP contribution in [0.2, 0.25) is 0 Å². The number of aryl methyl sites for hydroxylation is 2. The van der Waals surface area contributed by atoms with Gasteiger partial charge in [0.15, 0.2) is 0 Å². The predicted molar refractivity (Wildman–Crippen MR) is 74.9 cm³/mol. The molecule has 17 heavy (non-hydrogen) atoms. The molecule has 0 atom stereocenters. The van der Waals surface area contributed by atoms with Crippen LogP contribution in [0.3, 0.4) is 0 Å². The van der Waals surface area contributed by atoms with Gasteiger partial charge in [-0.05, 0) is 31.8 Å². The minimum Gasteiger partial charge on any atom is -0.385 e. The zero-order valence-corrected chi connectivity index (χ0v) is 11.8. The van der Waals surface area contributed by atoms with Crippen LogP contribution in [0, 0.1) is 6.92 Å². The highest BCUT2D eigenvalue weighted by atomic mass is 32.2. The van der Waals surface area contributed by atoms with Crippen molar-refractivity contribution in [3.05, 3.63) is 11.9 Å². The van der Waals surface area contributed by atoms with Crippen LogP contribution < -0.4 is 5.32 Å². The predicted octanol–water partition coefficient (Wildman–Crippen LogP) is 2.39. The monoisotopic (exact) mass is 257 g/mol. The highest BCUT2D eigenvalue weighted by Gasteiger charge is 2.04. The molecule has 0 aliphatic rings. The summed E-state index contributed by atoms with van der Waals surface area (Å²) in [5.74, 6) is 2.18. The molecule has 0 radical (unpaired) electrons. The van der Waals surface area contributed by atoms with E-state index in [1.54, 1.807) is 7.11 Å². The Labute approximate surface area is 108 Å². The van der Waals surface area contributed by atoms with Crippen molar-refractivity contribution in [3.63, 3.8) is 0 Å². The molecule has 0 saturated heterocycles. The van der Waals surface area contributed by atoms with Gasteiger partial charge in [0.05, 0.1) is 5.69 Å². The van der Waals surface area contributed by atoms with Gasteiger partial charge in [-0.2, -0.15) is 11.8 Å². The molecule has 1 N–H and O–H groups in total. The lowest BCUT2D eigenvalue weighted by Gasteiger charge is -2.09. The number of imidazole rings is 1. The van der Waals surface area contributed by atoms with Crippen molar-refractivity contribution < 1.29 is 4.74 Å². The summed E-state index contributed by atoms with van der Waals surface area (Å²) < 4.78 is 7.23. The number of thioether (sulfide) groups is 1. The average Bonchev–Trinajstić information content (AvgIpc) is 2.66. The van der Waals surface area contributed by atoms with Crippen molar-refractivity contribution in [3.8, 4) is 0 Å². The largest absolute Gasteiger partial charge is 0.385 e. The van der Waals surface area contributed by atoms with E-state index >= 15 is 0 Å². The van der Waals surface area contributed by atoms with Gasteiger partial charge in [-0.1, -0.05) is 0 Å². The van der Waals surface area contributed by atoms with Crippen molar-refractivity contribution in [1.82, 2.24) is 9.55 Å². The Morgan fingerprint density at radius 2 is 2.29 bits per heavy atom. The van der Waals surface area contributed by atoms with Gasteiger partial charge < -0.3 is 14.6 Å². The van der Waals surface area contributed by atoms with Crippen LogP contribution in [0.5, 0.6) is 0 Å². The van der Waals surface area contributed by atoms with Crippen LogP contribution in [-0.2, 0) is 11.3 Å². The number of ether oxygens (including phenoxy) is 1. The topological polar surface area (TPSA) is 39.1 Å². The standard InChI is InChI=1S/C12H23N3OS/c1-11-10-15(7-5-9-17-3)12(14-11)13-6-4-8-16-2/h10H,4-9H2,1-3H3,(H,13,14). The zero-order valence-electron chi connectivity index (χ0n) is 11.0. The second kappa shape index (κ2) is 8.42. The molecule has 98 valence electrons. The van der Waals surface area contributed by atoms with Crippen molar-refractivity contribution >= 4 is 17.7 Å². The summed E-state index contributed by atoms with van der Waals surface area (Å²) in [4.78, 5) is 4.49. The third-order valence-corrected chi connectivity index (χ3v) is 3.15. The summed E-state index contributed by atoms with van der Waals surface area (Å²) in [6, 6.07) is 0. The summed E-state index contributed by atoms with van der Waals surface area (Å²) >= 11 is 1.89. The Bertz CT molecular complexity index is 315. The number of anilines is 1. The Balaban J connectivity index is 2.40. The van der Waals surface area contributed by atoms with E-state index in [1.165, 1.54) is 12.2 Å². The van der Waals surface area contributed by atoms with Crippen LogP contribution in [0.1, 0.15) is 18.5 Å². The van der Waals surface area contributed by atoms with Gasteiger partial charge >= 0.3 is 0 Å². The molecule has 0 unspecified atom stereocenters. The minimum atomic E-state index is 0.791. The second-order valence-corrected chi connectivity index (χ2v) is 5.00. The summed E-state index contributed by atoms with van der Waals surface area (Å²) in [5.41, 5.74) is 1.07. The van der Waals surface area contributed by atoms with E-state index in [4.69, 9.17) is 4.74 Å². The average molecular weight is 257 g/mol. The number of nitrogens with one attached hydrogen (secondary N) is 1. The summed E-state index contributed by atoms with van der Waals surface area (Å²) in [7, 11) is 1.73. The van der Waals surface area contributed by atoms with E-state index in [0.717, 1.165) is 37.8 Å². The fourth-order valence-corrected chi connectivity index (χ4v) is 2.07. The van der Waals surface area contributed by atoms with Gasteiger partial charge in [0.2, 0.25) is 5.95 Å². The maximum atomic E-state index is 5.02. The van der Waals surface area contributed by atoms with Gasteiger partial charge in [0, 0.05) is 33.0 Å². The lowest BCUT2D eigenvalue weighted by molar-refractivity contribution is 0.197. The molecule has 0 amide bonds. The lowest BCUT2D eigenvalue weighted by Crippen LogP contribution is -2.10. The molecule has 4 nitrogen and oxygen atoms in total. The quantitative estimate of drug-likeness (QED) is 0.690. The van der Waals surface area contributed by atoms with Crippen molar-refractivity contribution in [2.45, 2.75) is 26.3 Å². The zero-order chi connectivity index (χ0) is 12.5. The molecule has 1 aromatic heterocycles. The third-order valence-electron chi connectivity index (χ3n) is 2.45. The van der Waals surface area contributed by atoms with E-state index in [-0.39, 0.29) is 0 Å². The Morgan fingerprint density at radius 3 is 3.00 bits per heavy atom.